The number of fused-ring (bicyclic) bond motifs is 1. The normalized spacial score (nSPS) is 19.1. The molecule has 1 aromatic carbocycles. The molecule has 30 heavy (non-hydrogen) atoms. The Morgan fingerprint density at radius 2 is 1.90 bits per heavy atom. The highest BCUT2D eigenvalue weighted by atomic mass is 35.5. The topological polar surface area (TPSA) is 67.2 Å². The molecule has 1 aromatic heterocycles. The van der Waals surface area contributed by atoms with Gasteiger partial charge in [0.05, 0.1) is 5.69 Å². The lowest BCUT2D eigenvalue weighted by Gasteiger charge is -2.33. The van der Waals surface area contributed by atoms with E-state index in [-0.39, 0.29) is 17.9 Å². The third-order valence-electron chi connectivity index (χ3n) is 6.10. The number of carbonyl (C=O) groups is 2. The zero-order valence-electron chi connectivity index (χ0n) is 17.5. The van der Waals surface area contributed by atoms with Crippen molar-refractivity contribution in [2.24, 2.45) is 0 Å². The van der Waals surface area contributed by atoms with Crippen molar-refractivity contribution in [1.29, 1.82) is 0 Å². The van der Waals surface area contributed by atoms with Crippen LogP contribution in [-0.4, -0.2) is 45.6 Å². The average Bonchev–Trinajstić information content (AvgIpc) is 2.94. The molecule has 4 rings (SSSR count). The minimum absolute atomic E-state index is 0.0173. The van der Waals surface area contributed by atoms with Gasteiger partial charge in [-0.05, 0) is 62.8 Å². The number of aromatic nitrogens is 2. The van der Waals surface area contributed by atoms with E-state index in [1.54, 1.807) is 0 Å². The van der Waals surface area contributed by atoms with Gasteiger partial charge in [0.25, 0.3) is 5.91 Å². The Balaban J connectivity index is 1.64. The number of nitrogens with one attached hydrogen (secondary N) is 1. The van der Waals surface area contributed by atoms with Gasteiger partial charge in [0.15, 0.2) is 5.69 Å². The smallest absolute Gasteiger partial charge is 0.274 e. The predicted molar refractivity (Wildman–Crippen MR) is 117 cm³/mol. The number of likely N-dealkylation sites (tertiary alicyclic amines) is 1. The monoisotopic (exact) mass is 428 g/mol. The molecule has 6 nitrogen and oxygen atoms in total. The molecule has 1 unspecified atom stereocenters. The summed E-state index contributed by atoms with van der Waals surface area (Å²) in [5, 5.41) is 8.53. The summed E-state index contributed by atoms with van der Waals surface area (Å²) in [6.07, 6.45) is 7.42. The second kappa shape index (κ2) is 9.21. The molecular formula is C23H29ClN4O2. The highest BCUT2D eigenvalue weighted by molar-refractivity contribution is 6.30. The lowest BCUT2D eigenvalue weighted by Crippen LogP contribution is -2.49. The number of benzene rings is 1. The summed E-state index contributed by atoms with van der Waals surface area (Å²) in [7, 11) is 0. The van der Waals surface area contributed by atoms with Gasteiger partial charge in [-0.25, -0.2) is 4.68 Å². The first-order chi connectivity index (χ1) is 14.6. The van der Waals surface area contributed by atoms with Crippen molar-refractivity contribution in [3.05, 3.63) is 46.2 Å². The van der Waals surface area contributed by atoms with Crippen LogP contribution in [-0.2, 0) is 17.6 Å². The van der Waals surface area contributed by atoms with Gasteiger partial charge < -0.3 is 10.2 Å². The zero-order valence-corrected chi connectivity index (χ0v) is 18.2. The first-order valence-corrected chi connectivity index (χ1v) is 11.4. The highest BCUT2D eigenvalue weighted by Crippen LogP contribution is 2.28. The summed E-state index contributed by atoms with van der Waals surface area (Å²) >= 11 is 6.07. The first kappa shape index (κ1) is 20.9. The van der Waals surface area contributed by atoms with E-state index in [1.807, 2.05) is 40.8 Å². The second-order valence-electron chi connectivity index (χ2n) is 8.23. The fraction of sp³-hybridized carbons (Fsp3) is 0.522. The van der Waals surface area contributed by atoms with Gasteiger partial charge >= 0.3 is 0 Å². The van der Waals surface area contributed by atoms with Crippen LogP contribution in [0.15, 0.2) is 24.3 Å². The van der Waals surface area contributed by atoms with E-state index in [4.69, 9.17) is 16.7 Å². The molecule has 1 aliphatic carbocycles. The van der Waals surface area contributed by atoms with Crippen molar-refractivity contribution in [3.8, 4) is 5.69 Å². The molecule has 1 aliphatic heterocycles. The molecule has 0 saturated carbocycles. The van der Waals surface area contributed by atoms with Crippen LogP contribution in [0.1, 0.15) is 67.2 Å². The molecule has 1 N–H and O–H groups in total. The average molecular weight is 429 g/mol. The zero-order chi connectivity index (χ0) is 21.1. The van der Waals surface area contributed by atoms with E-state index in [1.165, 1.54) is 0 Å². The van der Waals surface area contributed by atoms with E-state index in [2.05, 4.69) is 5.32 Å². The van der Waals surface area contributed by atoms with Crippen LogP contribution >= 0.6 is 11.6 Å². The Bertz CT molecular complexity index is 922. The number of carbonyl (C=O) groups excluding carboxylic acids is 2. The summed E-state index contributed by atoms with van der Waals surface area (Å²) in [6, 6.07) is 7.63. The summed E-state index contributed by atoms with van der Waals surface area (Å²) in [6.45, 7) is 3.10. The molecule has 2 amide bonds. The van der Waals surface area contributed by atoms with Crippen LogP contribution in [0.2, 0.25) is 5.02 Å². The summed E-state index contributed by atoms with van der Waals surface area (Å²) in [4.78, 5) is 27.2. The van der Waals surface area contributed by atoms with Gasteiger partial charge in [0.1, 0.15) is 0 Å². The van der Waals surface area contributed by atoms with E-state index in [0.717, 1.165) is 61.9 Å². The van der Waals surface area contributed by atoms with Gasteiger partial charge in [-0.15, -0.1) is 0 Å². The lowest BCUT2D eigenvalue weighted by atomic mass is 10.0. The van der Waals surface area contributed by atoms with E-state index in [9.17, 15) is 9.59 Å². The third kappa shape index (κ3) is 4.38. The first-order valence-electron chi connectivity index (χ1n) is 11.0. The molecule has 2 aromatic rings. The summed E-state index contributed by atoms with van der Waals surface area (Å²) < 4.78 is 1.94. The Morgan fingerprint density at radius 1 is 1.13 bits per heavy atom. The van der Waals surface area contributed by atoms with Crippen LogP contribution in [0.3, 0.4) is 0 Å². The standard InChI is InChI=1S/C23H29ClN4O2/c1-2-21(29)25-17-7-6-14-27(15-17)23(30)22-19-8-4-3-5-9-20(19)28(26-22)18-12-10-16(24)11-13-18/h10-13,17H,2-9,14-15H2,1H3,(H,25,29). The van der Waals surface area contributed by atoms with E-state index < -0.39 is 0 Å². The van der Waals surface area contributed by atoms with Gasteiger partial charge in [-0.3, -0.25) is 9.59 Å². The molecule has 2 aliphatic rings. The second-order valence-corrected chi connectivity index (χ2v) is 8.67. The number of rotatable bonds is 4. The highest BCUT2D eigenvalue weighted by Gasteiger charge is 2.31. The van der Waals surface area contributed by atoms with Crippen molar-refractivity contribution in [3.63, 3.8) is 0 Å². The van der Waals surface area contributed by atoms with Gasteiger partial charge in [0.2, 0.25) is 5.91 Å². The molecule has 1 atom stereocenters. The fourth-order valence-electron chi connectivity index (χ4n) is 4.50. The molecule has 0 radical (unpaired) electrons. The van der Waals surface area contributed by atoms with Crippen LogP contribution < -0.4 is 5.32 Å². The Labute approximate surface area is 182 Å². The minimum Gasteiger partial charge on any atom is -0.352 e. The number of nitrogens with zero attached hydrogens (tertiary/aromatic N) is 3. The largest absolute Gasteiger partial charge is 0.352 e. The van der Waals surface area contributed by atoms with Crippen LogP contribution in [0.4, 0.5) is 0 Å². The molecule has 7 heteroatoms. The molecule has 160 valence electrons. The van der Waals surface area contributed by atoms with Gasteiger partial charge in [-0.1, -0.05) is 24.9 Å². The van der Waals surface area contributed by atoms with E-state index >= 15 is 0 Å². The van der Waals surface area contributed by atoms with Gasteiger partial charge in [0, 0.05) is 41.8 Å². The summed E-state index contributed by atoms with van der Waals surface area (Å²) in [5.74, 6) is 0.0199. The maximum Gasteiger partial charge on any atom is 0.274 e. The molecule has 0 spiro atoms. The Kier molecular flexibility index (Phi) is 6.42. The Hall–Kier alpha value is -2.34. The molecule has 1 fully saturated rings. The van der Waals surface area contributed by atoms with Crippen LogP contribution in [0, 0.1) is 0 Å². The third-order valence-corrected chi connectivity index (χ3v) is 6.35. The molecule has 1 saturated heterocycles. The van der Waals surface area contributed by atoms with Crippen LogP contribution in [0.5, 0.6) is 0 Å². The predicted octanol–water partition coefficient (Wildman–Crippen LogP) is 3.93. The lowest BCUT2D eigenvalue weighted by molar-refractivity contribution is -0.121. The SMILES string of the molecule is CCC(=O)NC1CCCN(C(=O)c2nn(-c3ccc(Cl)cc3)c3c2CCCCC3)C1. The maximum atomic E-state index is 13.5. The Morgan fingerprint density at radius 3 is 2.67 bits per heavy atom. The van der Waals surface area contributed by atoms with E-state index in [0.29, 0.717) is 30.2 Å². The minimum atomic E-state index is -0.0173. The number of hydrogen-bond acceptors (Lipinski definition) is 3. The van der Waals surface area contributed by atoms with Crippen molar-refractivity contribution in [2.45, 2.75) is 64.3 Å². The molecular weight excluding hydrogens is 400 g/mol. The van der Waals surface area contributed by atoms with Crippen molar-refractivity contribution in [1.82, 2.24) is 20.0 Å². The fourth-order valence-corrected chi connectivity index (χ4v) is 4.63. The maximum absolute atomic E-state index is 13.5. The van der Waals surface area contributed by atoms with Crippen LogP contribution in [0.25, 0.3) is 5.69 Å². The van der Waals surface area contributed by atoms with Crippen molar-refractivity contribution in [2.75, 3.05) is 13.1 Å². The quantitative estimate of drug-likeness (QED) is 0.750. The number of hydrogen-bond donors (Lipinski definition) is 1. The number of amides is 2. The summed E-state index contributed by atoms with van der Waals surface area (Å²) in [5.41, 5.74) is 3.74. The molecule has 0 bridgehead atoms. The van der Waals surface area contributed by atoms with Crippen molar-refractivity contribution >= 4 is 23.4 Å². The number of halogens is 1. The van der Waals surface area contributed by atoms with Gasteiger partial charge in [-0.2, -0.15) is 5.10 Å². The number of piperidine rings is 1. The van der Waals surface area contributed by atoms with Crippen molar-refractivity contribution < 1.29 is 9.59 Å². The molecule has 2 heterocycles.